The molecule has 0 bridgehead atoms. The molecule has 0 fully saturated rings. The molecule has 0 saturated heterocycles. The predicted octanol–water partition coefficient (Wildman–Crippen LogP) is 6.07. The summed E-state index contributed by atoms with van der Waals surface area (Å²) in [5.41, 5.74) is -0.406. The van der Waals surface area contributed by atoms with Crippen molar-refractivity contribution in [2.45, 2.75) is 139 Å². The zero-order chi connectivity index (χ0) is 33.1. The van der Waals surface area contributed by atoms with Crippen molar-refractivity contribution < 1.29 is 19.1 Å². The molecule has 2 unspecified atom stereocenters. The van der Waals surface area contributed by atoms with Gasteiger partial charge in [-0.3, -0.25) is 9.59 Å². The number of hydrogen-bond acceptors (Lipinski definition) is 6. The lowest BCUT2D eigenvalue weighted by molar-refractivity contribution is -0.144. The molecule has 0 aromatic rings. The van der Waals surface area contributed by atoms with Crippen LogP contribution in [0.5, 0.6) is 0 Å². The average Bonchev–Trinajstić information content (AvgIpc) is 2.94. The maximum Gasteiger partial charge on any atom is 0.333 e. The molecule has 0 aliphatic heterocycles. The number of esters is 1. The Labute approximate surface area is 258 Å². The van der Waals surface area contributed by atoms with E-state index in [9.17, 15) is 14.4 Å². The highest BCUT2D eigenvalue weighted by Gasteiger charge is 2.47. The lowest BCUT2D eigenvalue weighted by atomic mass is 9.81. The molecular formula is C34H64N4O4. The largest absolute Gasteiger partial charge is 0.463 e. The zero-order valence-corrected chi connectivity index (χ0v) is 29.5. The Morgan fingerprint density at radius 2 is 1.45 bits per heavy atom. The fourth-order valence-corrected chi connectivity index (χ4v) is 6.02. The van der Waals surface area contributed by atoms with Gasteiger partial charge in [-0.25, -0.2) is 4.79 Å². The highest BCUT2D eigenvalue weighted by atomic mass is 16.5. The van der Waals surface area contributed by atoms with E-state index < -0.39 is 23.0 Å². The highest BCUT2D eigenvalue weighted by molar-refractivity contribution is 5.93. The van der Waals surface area contributed by atoms with Crippen molar-refractivity contribution in [3.05, 3.63) is 23.9 Å². The van der Waals surface area contributed by atoms with Gasteiger partial charge in [0.15, 0.2) is 0 Å². The number of nitrogens with one attached hydrogen (secondary N) is 2. The number of amides is 2. The molecule has 0 rings (SSSR count). The molecule has 0 radical (unpaired) electrons. The lowest BCUT2D eigenvalue weighted by Gasteiger charge is -2.50. The molecule has 0 aliphatic rings. The van der Waals surface area contributed by atoms with E-state index in [1.54, 1.807) is 31.9 Å². The molecule has 0 spiro atoms. The van der Waals surface area contributed by atoms with Gasteiger partial charge >= 0.3 is 5.97 Å². The van der Waals surface area contributed by atoms with E-state index in [1.165, 1.54) is 0 Å². The minimum atomic E-state index is -0.878. The van der Waals surface area contributed by atoms with E-state index in [-0.39, 0.29) is 35.9 Å². The molecule has 2 atom stereocenters. The third-order valence-electron chi connectivity index (χ3n) is 8.91. The average molecular weight is 593 g/mol. The Hall–Kier alpha value is -2.35. The van der Waals surface area contributed by atoms with Crippen LogP contribution in [0, 0.1) is 11.3 Å². The molecule has 2 amide bonds. The second kappa shape index (κ2) is 17.1. The van der Waals surface area contributed by atoms with Gasteiger partial charge in [-0.05, 0) is 64.3 Å². The number of rotatable bonds is 18. The van der Waals surface area contributed by atoms with E-state index in [0.717, 1.165) is 25.1 Å². The third-order valence-corrected chi connectivity index (χ3v) is 8.91. The predicted molar refractivity (Wildman–Crippen MR) is 175 cm³/mol. The maximum absolute atomic E-state index is 14.5. The third kappa shape index (κ3) is 9.08. The van der Waals surface area contributed by atoms with Crippen molar-refractivity contribution in [2.75, 3.05) is 26.7 Å². The summed E-state index contributed by atoms with van der Waals surface area (Å²) in [4.78, 5) is 44.8. The Morgan fingerprint density at radius 1 is 0.929 bits per heavy atom. The fourth-order valence-electron chi connectivity index (χ4n) is 6.02. The van der Waals surface area contributed by atoms with Gasteiger partial charge in [0.2, 0.25) is 11.8 Å². The smallest absolute Gasteiger partial charge is 0.333 e. The molecule has 8 heteroatoms. The summed E-state index contributed by atoms with van der Waals surface area (Å²) in [5, 5.41) is 6.86. The Kier molecular flexibility index (Phi) is 16.1. The van der Waals surface area contributed by atoms with Crippen LogP contribution in [0.4, 0.5) is 0 Å². The van der Waals surface area contributed by atoms with Gasteiger partial charge in [-0.2, -0.15) is 0 Å². The van der Waals surface area contributed by atoms with Crippen molar-refractivity contribution in [1.29, 1.82) is 0 Å². The van der Waals surface area contributed by atoms with Gasteiger partial charge in [0, 0.05) is 24.9 Å². The normalized spacial score (nSPS) is 14.3. The van der Waals surface area contributed by atoms with E-state index in [2.05, 4.69) is 49.8 Å². The summed E-state index contributed by atoms with van der Waals surface area (Å²) in [5.74, 6) is -0.733. The van der Waals surface area contributed by atoms with Crippen LogP contribution in [-0.4, -0.2) is 77.5 Å². The van der Waals surface area contributed by atoms with Crippen LogP contribution in [0.15, 0.2) is 23.9 Å². The summed E-state index contributed by atoms with van der Waals surface area (Å²) in [6.45, 7) is 32.2. The van der Waals surface area contributed by atoms with Gasteiger partial charge in [-0.1, -0.05) is 81.9 Å². The van der Waals surface area contributed by atoms with Crippen molar-refractivity contribution in [2.24, 2.45) is 11.3 Å². The van der Waals surface area contributed by atoms with E-state index >= 15 is 0 Å². The van der Waals surface area contributed by atoms with Crippen molar-refractivity contribution >= 4 is 17.8 Å². The summed E-state index contributed by atoms with van der Waals surface area (Å²) in [7, 11) is 1.74. The first-order valence-electron chi connectivity index (χ1n) is 16.1. The van der Waals surface area contributed by atoms with Crippen molar-refractivity contribution in [3.63, 3.8) is 0 Å². The summed E-state index contributed by atoms with van der Waals surface area (Å²) in [6, 6.07) is -1.14. The van der Waals surface area contributed by atoms with Crippen LogP contribution in [-0.2, 0) is 19.1 Å². The van der Waals surface area contributed by atoms with Gasteiger partial charge in [0.05, 0.1) is 18.2 Å². The van der Waals surface area contributed by atoms with E-state index in [4.69, 9.17) is 4.74 Å². The van der Waals surface area contributed by atoms with Crippen LogP contribution < -0.4 is 10.6 Å². The molecule has 0 aromatic heterocycles. The summed E-state index contributed by atoms with van der Waals surface area (Å²) in [6.07, 6.45) is 4.62. The first-order chi connectivity index (χ1) is 19.4. The second-order valence-electron chi connectivity index (χ2n) is 12.8. The monoisotopic (exact) mass is 592 g/mol. The molecule has 8 nitrogen and oxygen atoms in total. The van der Waals surface area contributed by atoms with Crippen LogP contribution in [0.3, 0.4) is 0 Å². The molecule has 42 heavy (non-hydrogen) atoms. The fraction of sp³-hybridized carbons (Fsp3) is 0.794. The van der Waals surface area contributed by atoms with Crippen molar-refractivity contribution in [1.82, 2.24) is 20.4 Å². The van der Waals surface area contributed by atoms with Crippen LogP contribution in [0.1, 0.15) is 116 Å². The van der Waals surface area contributed by atoms with Crippen LogP contribution in [0.25, 0.3) is 0 Å². The quantitative estimate of drug-likeness (QED) is 0.148. The van der Waals surface area contributed by atoms with Gasteiger partial charge in [0.1, 0.15) is 11.6 Å². The topological polar surface area (TPSA) is 91.0 Å². The number of likely N-dealkylation sites (N-methyl/N-ethyl adjacent to an activating group) is 3. The number of nitrogens with zero attached hydrogens (tertiary/aromatic N) is 2. The van der Waals surface area contributed by atoms with Gasteiger partial charge in [0.25, 0.3) is 0 Å². The van der Waals surface area contributed by atoms with Crippen LogP contribution >= 0.6 is 0 Å². The SMILES string of the molecule is C=C(N(CC)C(CC)(CC)C(=O)NC(C(=O)N(C)C(/C=C(\C)C(=O)OCC)C(C)C)C(C)(C)C)C(CC)(CC)NCC. The van der Waals surface area contributed by atoms with E-state index in [0.29, 0.717) is 25.0 Å². The Morgan fingerprint density at radius 3 is 1.81 bits per heavy atom. The minimum absolute atomic E-state index is 0.0335. The molecule has 0 heterocycles. The highest BCUT2D eigenvalue weighted by Crippen LogP contribution is 2.36. The molecular weight excluding hydrogens is 528 g/mol. The molecule has 2 N–H and O–H groups in total. The molecule has 244 valence electrons. The number of carbonyl (C=O) groups excluding carboxylic acids is 3. The van der Waals surface area contributed by atoms with Gasteiger partial charge in [-0.15, -0.1) is 0 Å². The Balaban J connectivity index is 6.68. The molecule has 0 aliphatic carbocycles. The molecule has 0 aromatic carbocycles. The number of ether oxygens (including phenoxy) is 1. The molecule has 0 saturated carbocycles. The number of hydrogen-bond donors (Lipinski definition) is 2. The standard InChI is InChI=1S/C34H64N4O4/c1-16-33(17-2,35-20-5)26(11)38(21-6)34(18-3,19-4)31(41)36-28(32(12,13)14)29(39)37(15)27(24(8)9)23-25(10)30(40)42-22-7/h23-24,27-28,35H,11,16-22H2,1-10,12-15H3,(H,36,41)/b25-23+. The van der Waals surface area contributed by atoms with Crippen LogP contribution in [0.2, 0.25) is 0 Å². The van der Waals surface area contributed by atoms with Gasteiger partial charge < -0.3 is 25.2 Å². The van der Waals surface area contributed by atoms with Crippen molar-refractivity contribution in [3.8, 4) is 0 Å². The first-order valence-corrected chi connectivity index (χ1v) is 16.1. The zero-order valence-electron chi connectivity index (χ0n) is 29.5. The summed E-state index contributed by atoms with van der Waals surface area (Å²) >= 11 is 0. The maximum atomic E-state index is 14.5. The second-order valence-corrected chi connectivity index (χ2v) is 12.8. The first kappa shape index (κ1) is 39.6. The minimum Gasteiger partial charge on any atom is -0.463 e. The number of carbonyl (C=O) groups is 3. The summed E-state index contributed by atoms with van der Waals surface area (Å²) < 4.78 is 5.16. The lowest BCUT2D eigenvalue weighted by Crippen LogP contribution is -2.66. The van der Waals surface area contributed by atoms with E-state index in [1.807, 2.05) is 48.5 Å². The Bertz CT molecular complexity index is 926.